The Bertz CT molecular complexity index is 470. The minimum absolute atomic E-state index is 0.227. The first-order chi connectivity index (χ1) is 8.33. The Labute approximate surface area is 100.0 Å². The number of rotatable bonds is 3. The third-order valence-corrected chi connectivity index (χ3v) is 3.17. The number of hydrogen-bond donors (Lipinski definition) is 1. The molecule has 1 fully saturated rings. The van der Waals surface area contributed by atoms with Gasteiger partial charge in [-0.3, -0.25) is 0 Å². The van der Waals surface area contributed by atoms with Crippen LogP contribution in [0.5, 0.6) is 0 Å². The predicted octanol–water partition coefficient (Wildman–Crippen LogP) is 2.81. The Balaban J connectivity index is 1.75. The van der Waals surface area contributed by atoms with Crippen molar-refractivity contribution >= 4 is 17.1 Å². The first-order valence-electron chi connectivity index (χ1n) is 6.06. The average molecular weight is 232 g/mol. The number of nitrogens with zero attached hydrogens (tertiary/aromatic N) is 1. The van der Waals surface area contributed by atoms with Crippen LogP contribution >= 0.6 is 0 Å². The molecule has 0 spiro atoms. The maximum absolute atomic E-state index is 5.63. The highest BCUT2D eigenvalue weighted by Gasteiger charge is 2.23. The van der Waals surface area contributed by atoms with Gasteiger partial charge in [0, 0.05) is 6.61 Å². The van der Waals surface area contributed by atoms with Crippen molar-refractivity contribution in [2.45, 2.75) is 31.9 Å². The van der Waals surface area contributed by atoms with Crippen molar-refractivity contribution in [3.05, 3.63) is 24.3 Å². The standard InChI is InChI=1S/C13H16N2O2/c1-9(11-7-4-8-16-11)14-13-15-10-5-2-3-6-12(10)17-13/h2-3,5-6,9,11H,4,7-8H2,1H3,(H,14,15)/t9-,11+/m0/s1. The molecule has 90 valence electrons. The van der Waals surface area contributed by atoms with Gasteiger partial charge in [-0.2, -0.15) is 4.98 Å². The summed E-state index contributed by atoms with van der Waals surface area (Å²) in [4.78, 5) is 4.39. The van der Waals surface area contributed by atoms with Crippen LogP contribution in [0.3, 0.4) is 0 Å². The van der Waals surface area contributed by atoms with E-state index in [0.717, 1.165) is 30.5 Å². The summed E-state index contributed by atoms with van der Waals surface area (Å²) in [5.41, 5.74) is 1.70. The molecule has 1 aromatic heterocycles. The van der Waals surface area contributed by atoms with E-state index in [0.29, 0.717) is 6.01 Å². The normalized spacial score (nSPS) is 21.8. The predicted molar refractivity (Wildman–Crippen MR) is 66.1 cm³/mol. The lowest BCUT2D eigenvalue weighted by atomic mass is 10.1. The monoisotopic (exact) mass is 232 g/mol. The second kappa shape index (κ2) is 4.37. The number of fused-ring (bicyclic) bond motifs is 1. The van der Waals surface area contributed by atoms with Gasteiger partial charge < -0.3 is 14.5 Å². The van der Waals surface area contributed by atoms with E-state index in [1.165, 1.54) is 0 Å². The lowest BCUT2D eigenvalue weighted by Gasteiger charge is -2.18. The van der Waals surface area contributed by atoms with Crippen molar-refractivity contribution in [1.82, 2.24) is 4.98 Å². The van der Waals surface area contributed by atoms with Crippen molar-refractivity contribution in [1.29, 1.82) is 0 Å². The summed E-state index contributed by atoms with van der Waals surface area (Å²) >= 11 is 0. The Morgan fingerprint density at radius 3 is 3.06 bits per heavy atom. The quantitative estimate of drug-likeness (QED) is 0.884. The van der Waals surface area contributed by atoms with Crippen LogP contribution in [0.4, 0.5) is 6.01 Å². The maximum Gasteiger partial charge on any atom is 0.295 e. The minimum Gasteiger partial charge on any atom is -0.424 e. The first-order valence-corrected chi connectivity index (χ1v) is 6.06. The van der Waals surface area contributed by atoms with Crippen LogP contribution in [-0.4, -0.2) is 23.7 Å². The zero-order valence-electron chi connectivity index (χ0n) is 9.85. The van der Waals surface area contributed by atoms with E-state index in [1.807, 2.05) is 24.3 Å². The highest BCUT2D eigenvalue weighted by molar-refractivity contribution is 5.74. The minimum atomic E-state index is 0.227. The Hall–Kier alpha value is -1.55. The van der Waals surface area contributed by atoms with E-state index < -0.39 is 0 Å². The lowest BCUT2D eigenvalue weighted by Crippen LogP contribution is -2.30. The molecule has 17 heavy (non-hydrogen) atoms. The molecular formula is C13H16N2O2. The number of nitrogens with one attached hydrogen (secondary N) is 1. The van der Waals surface area contributed by atoms with Crippen molar-refractivity contribution in [3.63, 3.8) is 0 Å². The molecule has 4 heteroatoms. The van der Waals surface area contributed by atoms with Crippen molar-refractivity contribution in [2.24, 2.45) is 0 Å². The van der Waals surface area contributed by atoms with Crippen LogP contribution in [0.2, 0.25) is 0 Å². The summed E-state index contributed by atoms with van der Waals surface area (Å²) in [6, 6.07) is 8.57. The second-order valence-electron chi connectivity index (χ2n) is 4.47. The number of anilines is 1. The number of para-hydroxylation sites is 2. The molecule has 1 aliphatic rings. The number of hydrogen-bond acceptors (Lipinski definition) is 4. The van der Waals surface area contributed by atoms with Crippen LogP contribution < -0.4 is 5.32 Å². The van der Waals surface area contributed by atoms with E-state index in [-0.39, 0.29) is 12.1 Å². The van der Waals surface area contributed by atoms with Crippen LogP contribution in [-0.2, 0) is 4.74 Å². The van der Waals surface area contributed by atoms with Crippen LogP contribution in [0, 0.1) is 0 Å². The van der Waals surface area contributed by atoms with Crippen molar-refractivity contribution in [3.8, 4) is 0 Å². The molecule has 0 bridgehead atoms. The van der Waals surface area contributed by atoms with Crippen LogP contribution in [0.1, 0.15) is 19.8 Å². The Morgan fingerprint density at radius 2 is 2.29 bits per heavy atom. The second-order valence-corrected chi connectivity index (χ2v) is 4.47. The SMILES string of the molecule is C[C@H](Nc1nc2ccccc2o1)[C@H]1CCCO1. The molecule has 4 nitrogen and oxygen atoms in total. The molecule has 1 aromatic carbocycles. The van der Waals surface area contributed by atoms with Gasteiger partial charge >= 0.3 is 0 Å². The van der Waals surface area contributed by atoms with Crippen molar-refractivity contribution in [2.75, 3.05) is 11.9 Å². The third kappa shape index (κ3) is 2.13. The highest BCUT2D eigenvalue weighted by atomic mass is 16.5. The third-order valence-electron chi connectivity index (χ3n) is 3.17. The Morgan fingerprint density at radius 1 is 1.41 bits per heavy atom. The van der Waals surface area contributed by atoms with Gasteiger partial charge in [0.25, 0.3) is 6.01 Å². The largest absolute Gasteiger partial charge is 0.424 e. The van der Waals surface area contributed by atoms with E-state index in [9.17, 15) is 0 Å². The molecule has 3 rings (SSSR count). The van der Waals surface area contributed by atoms with Gasteiger partial charge in [-0.25, -0.2) is 0 Å². The molecule has 1 saturated heterocycles. The lowest BCUT2D eigenvalue weighted by molar-refractivity contribution is 0.0990. The number of aromatic nitrogens is 1. The maximum atomic E-state index is 5.63. The molecule has 1 aliphatic heterocycles. The van der Waals surface area contributed by atoms with Gasteiger partial charge in [0.05, 0.1) is 12.1 Å². The van der Waals surface area contributed by atoms with Crippen LogP contribution in [0.15, 0.2) is 28.7 Å². The molecule has 0 amide bonds. The fourth-order valence-corrected chi connectivity index (χ4v) is 2.22. The molecule has 1 N–H and O–H groups in total. The molecular weight excluding hydrogens is 216 g/mol. The van der Waals surface area contributed by atoms with Crippen molar-refractivity contribution < 1.29 is 9.15 Å². The highest BCUT2D eigenvalue weighted by Crippen LogP contribution is 2.22. The van der Waals surface area contributed by atoms with Gasteiger partial charge in [-0.05, 0) is 31.9 Å². The molecule has 0 aliphatic carbocycles. The van der Waals surface area contributed by atoms with Gasteiger partial charge in [-0.15, -0.1) is 0 Å². The smallest absolute Gasteiger partial charge is 0.295 e. The average Bonchev–Trinajstić information content (AvgIpc) is 2.97. The zero-order chi connectivity index (χ0) is 11.7. The Kier molecular flexibility index (Phi) is 2.73. The summed E-state index contributed by atoms with van der Waals surface area (Å²) in [5.74, 6) is 0. The van der Waals surface area contributed by atoms with E-state index in [4.69, 9.17) is 9.15 Å². The molecule has 2 aromatic rings. The summed E-state index contributed by atoms with van der Waals surface area (Å²) in [5, 5.41) is 3.27. The van der Waals surface area contributed by atoms with Gasteiger partial charge in [0.2, 0.25) is 0 Å². The number of oxazole rings is 1. The van der Waals surface area contributed by atoms with E-state index in [1.54, 1.807) is 0 Å². The molecule has 0 radical (unpaired) electrons. The first kappa shape index (κ1) is 10.6. The van der Waals surface area contributed by atoms with E-state index in [2.05, 4.69) is 17.2 Å². The molecule has 0 saturated carbocycles. The fourth-order valence-electron chi connectivity index (χ4n) is 2.22. The summed E-state index contributed by atoms with van der Waals surface area (Å²) < 4.78 is 11.2. The molecule has 2 atom stereocenters. The summed E-state index contributed by atoms with van der Waals surface area (Å²) in [6.07, 6.45) is 2.52. The fraction of sp³-hybridized carbons (Fsp3) is 0.462. The van der Waals surface area contributed by atoms with Gasteiger partial charge in [0.15, 0.2) is 5.58 Å². The zero-order valence-corrected chi connectivity index (χ0v) is 9.85. The number of ether oxygens (including phenoxy) is 1. The van der Waals surface area contributed by atoms with E-state index >= 15 is 0 Å². The van der Waals surface area contributed by atoms with Crippen LogP contribution in [0.25, 0.3) is 11.1 Å². The number of benzene rings is 1. The summed E-state index contributed by atoms with van der Waals surface area (Å²) in [7, 11) is 0. The molecule has 2 heterocycles. The topological polar surface area (TPSA) is 47.3 Å². The van der Waals surface area contributed by atoms with Gasteiger partial charge in [-0.1, -0.05) is 12.1 Å². The van der Waals surface area contributed by atoms with Gasteiger partial charge in [0.1, 0.15) is 5.52 Å². The summed E-state index contributed by atoms with van der Waals surface area (Å²) in [6.45, 7) is 2.97. The molecule has 0 unspecified atom stereocenters.